The Morgan fingerprint density at radius 3 is 2.08 bits per heavy atom. The molecular weight excluding hydrogens is 202 g/mol. The zero-order valence-electron chi connectivity index (χ0n) is 6.51. The lowest BCUT2D eigenvalue weighted by Crippen LogP contribution is -2.28. The van der Waals surface area contributed by atoms with E-state index in [0.717, 1.165) is 0 Å². The number of aldehydes is 1. The minimum absolute atomic E-state index is 0.179. The van der Waals surface area contributed by atoms with Crippen LogP contribution in [0.5, 0.6) is 0 Å². The third kappa shape index (κ3) is 4.11. The average molecular weight is 209 g/mol. The van der Waals surface area contributed by atoms with Crippen molar-refractivity contribution in [3.05, 3.63) is 11.5 Å². The highest BCUT2D eigenvalue weighted by Crippen LogP contribution is 1.97. The van der Waals surface area contributed by atoms with Gasteiger partial charge < -0.3 is 10.2 Å². The van der Waals surface area contributed by atoms with E-state index in [1.54, 1.807) is 0 Å². The molecule has 8 heteroatoms. The molecule has 0 saturated heterocycles. The van der Waals surface area contributed by atoms with E-state index >= 15 is 0 Å². The number of carbonyl (C=O) groups is 2. The van der Waals surface area contributed by atoms with Crippen molar-refractivity contribution in [3.63, 3.8) is 0 Å². The zero-order chi connectivity index (χ0) is 10.6. The van der Waals surface area contributed by atoms with E-state index in [0.29, 0.717) is 6.26 Å². The molecule has 0 amide bonds. The lowest BCUT2D eigenvalue weighted by molar-refractivity contribution is -0.133. The second-order valence-corrected chi connectivity index (χ2v) is 3.81. The number of aliphatic hydroxyl groups is 1. The molecule has 0 aliphatic heterocycles. The van der Waals surface area contributed by atoms with Gasteiger partial charge in [-0.25, -0.2) is 13.2 Å². The third-order valence-electron chi connectivity index (χ3n) is 0.869. The van der Waals surface area contributed by atoms with Crippen LogP contribution < -0.4 is 4.72 Å². The lowest BCUT2D eigenvalue weighted by atomic mass is 10.4. The van der Waals surface area contributed by atoms with E-state index < -0.39 is 27.4 Å². The molecular formula is C5H7NO6S. The summed E-state index contributed by atoms with van der Waals surface area (Å²) in [4.78, 5) is 20.2. The Morgan fingerprint density at radius 1 is 1.38 bits per heavy atom. The molecule has 0 bridgehead atoms. The fourth-order valence-electron chi connectivity index (χ4n) is 0.450. The Morgan fingerprint density at radius 2 is 1.85 bits per heavy atom. The van der Waals surface area contributed by atoms with E-state index in [9.17, 15) is 18.0 Å². The van der Waals surface area contributed by atoms with Crippen LogP contribution in [0.15, 0.2) is 11.5 Å². The number of rotatable bonds is 4. The summed E-state index contributed by atoms with van der Waals surface area (Å²) in [7, 11) is -3.83. The minimum atomic E-state index is -3.83. The number of allylic oxidation sites excluding steroid dienone is 1. The van der Waals surface area contributed by atoms with Crippen LogP contribution in [-0.4, -0.2) is 37.1 Å². The molecule has 0 spiro atoms. The number of carbonyl (C=O) groups excluding carboxylic acids is 1. The molecule has 0 unspecified atom stereocenters. The van der Waals surface area contributed by atoms with Gasteiger partial charge in [0.05, 0.1) is 6.26 Å². The molecule has 0 rings (SSSR count). The average Bonchev–Trinajstić information content (AvgIpc) is 1.96. The van der Waals surface area contributed by atoms with Gasteiger partial charge in [-0.2, -0.15) is 0 Å². The molecule has 74 valence electrons. The van der Waals surface area contributed by atoms with E-state index in [2.05, 4.69) is 0 Å². The molecule has 3 N–H and O–H groups in total. The van der Waals surface area contributed by atoms with E-state index in [4.69, 9.17) is 10.2 Å². The molecule has 0 aromatic rings. The summed E-state index contributed by atoms with van der Waals surface area (Å²) in [5.74, 6) is -2.92. The Balaban J connectivity index is 5.09. The quantitative estimate of drug-likeness (QED) is 0.297. The second kappa shape index (κ2) is 3.90. The van der Waals surface area contributed by atoms with Gasteiger partial charge in [0, 0.05) is 0 Å². The van der Waals surface area contributed by atoms with Crippen LogP contribution in [0, 0.1) is 0 Å². The summed E-state index contributed by atoms with van der Waals surface area (Å²) in [5, 5.41) is 17.0. The highest BCUT2D eigenvalue weighted by molar-refractivity contribution is 7.88. The van der Waals surface area contributed by atoms with Crippen LogP contribution in [0.25, 0.3) is 0 Å². The van der Waals surface area contributed by atoms with Crippen molar-refractivity contribution in [2.24, 2.45) is 0 Å². The first-order valence-electron chi connectivity index (χ1n) is 2.87. The van der Waals surface area contributed by atoms with Crippen LogP contribution in [0.3, 0.4) is 0 Å². The Bertz CT molecular complexity index is 353. The number of sulfonamides is 1. The van der Waals surface area contributed by atoms with Gasteiger partial charge in [0.1, 0.15) is 0 Å². The predicted molar refractivity (Wildman–Crippen MR) is 41.3 cm³/mol. The van der Waals surface area contributed by atoms with Crippen molar-refractivity contribution in [2.45, 2.75) is 0 Å². The SMILES string of the molecule is CS(=O)(=O)NC(C(=O)O)=C(O)C=O. The van der Waals surface area contributed by atoms with Crippen molar-refractivity contribution < 1.29 is 28.2 Å². The molecule has 0 aliphatic rings. The van der Waals surface area contributed by atoms with Crippen LogP contribution in [0.1, 0.15) is 0 Å². The highest BCUT2D eigenvalue weighted by atomic mass is 32.2. The highest BCUT2D eigenvalue weighted by Gasteiger charge is 2.17. The number of hydrogen-bond acceptors (Lipinski definition) is 5. The third-order valence-corrected chi connectivity index (χ3v) is 1.44. The molecule has 0 fully saturated rings. The van der Waals surface area contributed by atoms with Crippen LogP contribution in [-0.2, 0) is 19.6 Å². The summed E-state index contributed by atoms with van der Waals surface area (Å²) < 4.78 is 22.5. The summed E-state index contributed by atoms with van der Waals surface area (Å²) in [6.45, 7) is 0. The van der Waals surface area contributed by atoms with E-state index in [1.165, 1.54) is 4.72 Å². The molecule has 13 heavy (non-hydrogen) atoms. The Labute approximate surface area is 73.7 Å². The van der Waals surface area contributed by atoms with Gasteiger partial charge in [-0.1, -0.05) is 0 Å². The summed E-state index contributed by atoms with van der Waals surface area (Å²) in [5.41, 5.74) is -1.07. The van der Waals surface area contributed by atoms with Gasteiger partial charge in [0.25, 0.3) is 0 Å². The van der Waals surface area contributed by atoms with Crippen LogP contribution >= 0.6 is 0 Å². The monoisotopic (exact) mass is 209 g/mol. The number of aliphatic carboxylic acids is 1. The summed E-state index contributed by atoms with van der Waals surface area (Å²) in [6, 6.07) is 0. The molecule has 0 aromatic heterocycles. The second-order valence-electron chi connectivity index (χ2n) is 2.06. The maximum Gasteiger partial charge on any atom is 0.356 e. The first-order valence-corrected chi connectivity index (χ1v) is 4.76. The Kier molecular flexibility index (Phi) is 3.43. The number of carboxylic acid groups (broad SMARTS) is 1. The number of aliphatic hydroxyl groups excluding tert-OH is 1. The molecule has 0 aromatic carbocycles. The first-order chi connectivity index (χ1) is 5.78. The topological polar surface area (TPSA) is 121 Å². The van der Waals surface area contributed by atoms with E-state index in [1.807, 2.05) is 0 Å². The first kappa shape index (κ1) is 11.4. The van der Waals surface area contributed by atoms with Crippen LogP contribution in [0.2, 0.25) is 0 Å². The minimum Gasteiger partial charge on any atom is -0.503 e. The van der Waals surface area contributed by atoms with Gasteiger partial charge in [-0.05, 0) is 0 Å². The lowest BCUT2D eigenvalue weighted by Gasteiger charge is -2.03. The largest absolute Gasteiger partial charge is 0.503 e. The molecule has 0 radical (unpaired) electrons. The van der Waals surface area contributed by atoms with Crippen molar-refractivity contribution in [1.29, 1.82) is 0 Å². The predicted octanol–water partition coefficient (Wildman–Crippen LogP) is -1.41. The number of nitrogens with one attached hydrogen (secondary N) is 1. The Hall–Kier alpha value is -1.57. The summed E-state index contributed by atoms with van der Waals surface area (Å²) in [6.07, 6.45) is 0.510. The van der Waals surface area contributed by atoms with Gasteiger partial charge in [0.2, 0.25) is 10.0 Å². The molecule has 0 heterocycles. The summed E-state index contributed by atoms with van der Waals surface area (Å²) >= 11 is 0. The molecule has 0 aliphatic carbocycles. The standard InChI is InChI=1S/C5H7NO6S/c1-13(11,12)6-4(5(9)10)3(8)2-7/h2,6,8H,1H3,(H,9,10). The van der Waals surface area contributed by atoms with Gasteiger partial charge >= 0.3 is 5.97 Å². The number of hydrogen-bond donors (Lipinski definition) is 3. The number of carboxylic acids is 1. The van der Waals surface area contributed by atoms with Gasteiger partial charge in [-0.3, -0.25) is 9.52 Å². The molecule has 7 nitrogen and oxygen atoms in total. The normalized spacial score (nSPS) is 13.0. The fourth-order valence-corrected chi connectivity index (χ4v) is 1.01. The van der Waals surface area contributed by atoms with Crippen molar-refractivity contribution >= 4 is 22.3 Å². The van der Waals surface area contributed by atoms with E-state index in [-0.39, 0.29) is 6.29 Å². The fraction of sp³-hybridized carbons (Fsp3) is 0.200. The molecule has 0 saturated carbocycles. The van der Waals surface area contributed by atoms with Crippen LogP contribution in [0.4, 0.5) is 0 Å². The van der Waals surface area contributed by atoms with Gasteiger partial charge in [0.15, 0.2) is 17.7 Å². The maximum absolute atomic E-state index is 10.5. The van der Waals surface area contributed by atoms with Crippen molar-refractivity contribution in [3.8, 4) is 0 Å². The maximum atomic E-state index is 10.5. The zero-order valence-corrected chi connectivity index (χ0v) is 7.33. The smallest absolute Gasteiger partial charge is 0.356 e. The van der Waals surface area contributed by atoms with Crippen molar-refractivity contribution in [1.82, 2.24) is 4.72 Å². The van der Waals surface area contributed by atoms with Gasteiger partial charge in [-0.15, -0.1) is 0 Å². The molecule has 0 atom stereocenters. The van der Waals surface area contributed by atoms with Crippen molar-refractivity contribution in [2.75, 3.05) is 6.26 Å².